The molecule has 2 aromatic rings. The van der Waals surface area contributed by atoms with Gasteiger partial charge in [-0.1, -0.05) is 0 Å². The summed E-state index contributed by atoms with van der Waals surface area (Å²) in [6.45, 7) is -1.36. The van der Waals surface area contributed by atoms with Crippen molar-refractivity contribution in [1.29, 1.82) is 0 Å². The SMILES string of the molecule is O=c1c2c([nH]c3ccc(OCC(F)(F)F)cc13)CCCC2. The van der Waals surface area contributed by atoms with Crippen molar-refractivity contribution in [3.63, 3.8) is 0 Å². The van der Waals surface area contributed by atoms with Crippen molar-refractivity contribution in [1.82, 2.24) is 4.98 Å². The van der Waals surface area contributed by atoms with Crippen molar-refractivity contribution in [2.45, 2.75) is 31.9 Å². The Morgan fingerprint density at radius 3 is 2.71 bits per heavy atom. The highest BCUT2D eigenvalue weighted by molar-refractivity contribution is 5.81. The van der Waals surface area contributed by atoms with Crippen molar-refractivity contribution >= 4 is 10.9 Å². The smallest absolute Gasteiger partial charge is 0.422 e. The number of aromatic amines is 1. The van der Waals surface area contributed by atoms with Gasteiger partial charge in [-0.05, 0) is 43.9 Å². The average Bonchev–Trinajstić information content (AvgIpc) is 2.45. The first-order valence-electron chi connectivity index (χ1n) is 6.81. The highest BCUT2D eigenvalue weighted by Gasteiger charge is 2.28. The number of H-pyrrole nitrogens is 1. The minimum Gasteiger partial charge on any atom is -0.484 e. The molecule has 6 heteroatoms. The predicted octanol–water partition coefficient (Wildman–Crippen LogP) is 3.35. The molecule has 3 rings (SSSR count). The van der Waals surface area contributed by atoms with E-state index in [-0.39, 0.29) is 11.2 Å². The number of aryl methyl sites for hydroxylation is 1. The lowest BCUT2D eigenvalue weighted by Crippen LogP contribution is -2.20. The molecule has 0 unspecified atom stereocenters. The molecule has 0 radical (unpaired) electrons. The molecule has 1 heterocycles. The Bertz CT molecular complexity index is 734. The second-order valence-corrected chi connectivity index (χ2v) is 5.23. The van der Waals surface area contributed by atoms with Crippen LogP contribution in [0.5, 0.6) is 5.75 Å². The van der Waals surface area contributed by atoms with E-state index in [0.717, 1.165) is 30.5 Å². The zero-order chi connectivity index (χ0) is 15.0. The molecule has 0 spiro atoms. The topological polar surface area (TPSA) is 42.1 Å². The van der Waals surface area contributed by atoms with E-state index in [9.17, 15) is 18.0 Å². The molecule has 0 amide bonds. The standard InChI is InChI=1S/C15H14F3NO2/c16-15(17,18)8-21-9-5-6-13-11(7-9)14(20)10-3-1-2-4-12(10)19-13/h5-7H,1-4,8H2,(H,19,20). The number of pyridine rings is 1. The fraction of sp³-hybridized carbons (Fsp3) is 0.400. The first-order valence-corrected chi connectivity index (χ1v) is 6.81. The summed E-state index contributed by atoms with van der Waals surface area (Å²) in [5.74, 6) is 0.0566. The molecule has 1 aliphatic carbocycles. The van der Waals surface area contributed by atoms with Crippen LogP contribution in [0, 0.1) is 0 Å². The van der Waals surface area contributed by atoms with Crippen LogP contribution >= 0.6 is 0 Å². The Hall–Kier alpha value is -1.98. The van der Waals surface area contributed by atoms with Crippen LogP contribution < -0.4 is 10.2 Å². The lowest BCUT2D eigenvalue weighted by Gasteiger charge is -2.16. The first-order chi connectivity index (χ1) is 9.94. The number of rotatable bonds is 2. The average molecular weight is 297 g/mol. The van der Waals surface area contributed by atoms with Gasteiger partial charge in [0.05, 0.1) is 0 Å². The zero-order valence-corrected chi connectivity index (χ0v) is 11.2. The van der Waals surface area contributed by atoms with Gasteiger partial charge in [-0.3, -0.25) is 4.79 Å². The van der Waals surface area contributed by atoms with Gasteiger partial charge in [0.1, 0.15) is 5.75 Å². The maximum Gasteiger partial charge on any atom is 0.422 e. The number of alkyl halides is 3. The monoisotopic (exact) mass is 297 g/mol. The third-order valence-corrected chi connectivity index (χ3v) is 3.67. The van der Waals surface area contributed by atoms with E-state index in [1.54, 1.807) is 6.07 Å². The highest BCUT2D eigenvalue weighted by Crippen LogP contribution is 2.24. The van der Waals surface area contributed by atoms with E-state index >= 15 is 0 Å². The molecule has 3 nitrogen and oxygen atoms in total. The van der Waals surface area contributed by atoms with Gasteiger partial charge in [-0.15, -0.1) is 0 Å². The van der Waals surface area contributed by atoms with E-state index in [4.69, 9.17) is 4.74 Å². The number of hydrogen-bond acceptors (Lipinski definition) is 2. The van der Waals surface area contributed by atoms with Gasteiger partial charge in [0.25, 0.3) is 0 Å². The number of aromatic nitrogens is 1. The van der Waals surface area contributed by atoms with Crippen LogP contribution in [0.25, 0.3) is 10.9 Å². The molecule has 21 heavy (non-hydrogen) atoms. The third kappa shape index (κ3) is 2.89. The Morgan fingerprint density at radius 2 is 1.95 bits per heavy atom. The van der Waals surface area contributed by atoms with Crippen molar-refractivity contribution in [3.05, 3.63) is 39.7 Å². The Morgan fingerprint density at radius 1 is 1.19 bits per heavy atom. The van der Waals surface area contributed by atoms with E-state index in [2.05, 4.69) is 4.98 Å². The van der Waals surface area contributed by atoms with Crippen LogP contribution in [0.4, 0.5) is 13.2 Å². The Balaban J connectivity index is 2.01. The molecule has 0 aliphatic heterocycles. The molecular formula is C15H14F3NO2. The summed E-state index contributed by atoms with van der Waals surface area (Å²) >= 11 is 0. The molecule has 0 atom stereocenters. The summed E-state index contributed by atoms with van der Waals surface area (Å²) in [4.78, 5) is 15.6. The predicted molar refractivity (Wildman–Crippen MR) is 72.8 cm³/mol. The summed E-state index contributed by atoms with van der Waals surface area (Å²) in [6.07, 6.45) is -0.828. The van der Waals surface area contributed by atoms with Gasteiger partial charge >= 0.3 is 6.18 Å². The Labute approximate surface area is 118 Å². The van der Waals surface area contributed by atoms with Gasteiger partial charge in [0.15, 0.2) is 12.0 Å². The van der Waals surface area contributed by atoms with Crippen LogP contribution in [0.2, 0.25) is 0 Å². The summed E-state index contributed by atoms with van der Waals surface area (Å²) in [5, 5.41) is 0.385. The summed E-state index contributed by atoms with van der Waals surface area (Å²) in [7, 11) is 0. The van der Waals surface area contributed by atoms with E-state index < -0.39 is 12.8 Å². The maximum absolute atomic E-state index is 12.4. The van der Waals surface area contributed by atoms with E-state index in [1.165, 1.54) is 12.1 Å². The third-order valence-electron chi connectivity index (χ3n) is 3.67. The van der Waals surface area contributed by atoms with Gasteiger partial charge < -0.3 is 9.72 Å². The minimum absolute atomic E-state index is 0.0566. The van der Waals surface area contributed by atoms with Gasteiger partial charge in [-0.2, -0.15) is 13.2 Å². The molecule has 0 saturated heterocycles. The van der Waals surface area contributed by atoms with Crippen LogP contribution in [0.1, 0.15) is 24.1 Å². The number of fused-ring (bicyclic) bond motifs is 2. The molecule has 1 aliphatic rings. The largest absolute Gasteiger partial charge is 0.484 e. The molecule has 0 fully saturated rings. The number of ether oxygens (including phenoxy) is 1. The molecule has 112 valence electrons. The second-order valence-electron chi connectivity index (χ2n) is 5.23. The maximum atomic E-state index is 12.4. The normalized spacial score (nSPS) is 15.0. The fourth-order valence-electron chi connectivity index (χ4n) is 2.69. The summed E-state index contributed by atoms with van der Waals surface area (Å²) < 4.78 is 41.2. The van der Waals surface area contributed by atoms with Crippen molar-refractivity contribution < 1.29 is 17.9 Å². The van der Waals surface area contributed by atoms with Crippen LogP contribution in [-0.4, -0.2) is 17.8 Å². The number of halogens is 3. The Kier molecular flexibility index (Phi) is 3.39. The zero-order valence-electron chi connectivity index (χ0n) is 11.2. The minimum atomic E-state index is -4.39. The van der Waals surface area contributed by atoms with Gasteiger partial charge in [0.2, 0.25) is 0 Å². The van der Waals surface area contributed by atoms with Crippen molar-refractivity contribution in [2.24, 2.45) is 0 Å². The molecule has 1 N–H and O–H groups in total. The lowest BCUT2D eigenvalue weighted by atomic mass is 9.94. The molecule has 0 bridgehead atoms. The van der Waals surface area contributed by atoms with Crippen LogP contribution in [0.3, 0.4) is 0 Å². The van der Waals surface area contributed by atoms with Crippen LogP contribution in [-0.2, 0) is 12.8 Å². The van der Waals surface area contributed by atoms with Gasteiger partial charge in [-0.25, -0.2) is 0 Å². The summed E-state index contributed by atoms with van der Waals surface area (Å²) in [5.41, 5.74) is 2.24. The lowest BCUT2D eigenvalue weighted by molar-refractivity contribution is -0.153. The van der Waals surface area contributed by atoms with Gasteiger partial charge in [0, 0.05) is 22.2 Å². The quantitative estimate of drug-likeness (QED) is 0.923. The molecule has 1 aromatic carbocycles. The van der Waals surface area contributed by atoms with Crippen molar-refractivity contribution in [2.75, 3.05) is 6.61 Å². The summed E-state index contributed by atoms with van der Waals surface area (Å²) in [6, 6.07) is 4.42. The first kappa shape index (κ1) is 14.0. The molecule has 0 saturated carbocycles. The number of hydrogen-bond donors (Lipinski definition) is 1. The number of nitrogens with one attached hydrogen (secondary N) is 1. The van der Waals surface area contributed by atoms with Crippen molar-refractivity contribution in [3.8, 4) is 5.75 Å². The van der Waals surface area contributed by atoms with E-state index in [0.29, 0.717) is 17.3 Å². The van der Waals surface area contributed by atoms with Crippen LogP contribution in [0.15, 0.2) is 23.0 Å². The highest BCUT2D eigenvalue weighted by atomic mass is 19.4. The second kappa shape index (κ2) is 5.09. The molecule has 1 aromatic heterocycles. The molecular weight excluding hydrogens is 283 g/mol. The van der Waals surface area contributed by atoms with E-state index in [1.807, 2.05) is 0 Å². The fourth-order valence-corrected chi connectivity index (χ4v) is 2.69. The number of benzene rings is 1.